The van der Waals surface area contributed by atoms with Gasteiger partial charge in [0.15, 0.2) is 0 Å². The summed E-state index contributed by atoms with van der Waals surface area (Å²) in [4.78, 5) is 25.5. The standard InChI is InChI=1S/C19H23N3O4/c1-22(2)19(24)13-5-7-14(8-6-13)21-18(23)12-20-16-11-15(25-3)9-10-17(16)26-4/h5-11,20H,12H2,1-4H3,(H,21,23). The molecule has 2 amide bonds. The van der Waals surface area contributed by atoms with E-state index < -0.39 is 0 Å². The fourth-order valence-corrected chi connectivity index (χ4v) is 2.29. The summed E-state index contributed by atoms with van der Waals surface area (Å²) in [7, 11) is 6.51. The van der Waals surface area contributed by atoms with E-state index in [0.717, 1.165) is 0 Å². The highest BCUT2D eigenvalue weighted by atomic mass is 16.5. The molecule has 0 bridgehead atoms. The van der Waals surface area contributed by atoms with E-state index in [-0.39, 0.29) is 18.4 Å². The summed E-state index contributed by atoms with van der Waals surface area (Å²) in [5, 5.41) is 5.80. The number of anilines is 2. The van der Waals surface area contributed by atoms with Crippen molar-refractivity contribution in [2.24, 2.45) is 0 Å². The van der Waals surface area contributed by atoms with Crippen molar-refractivity contribution < 1.29 is 19.1 Å². The monoisotopic (exact) mass is 357 g/mol. The van der Waals surface area contributed by atoms with Crippen molar-refractivity contribution in [1.29, 1.82) is 0 Å². The summed E-state index contributed by atoms with van der Waals surface area (Å²) in [6.07, 6.45) is 0. The molecule has 2 rings (SSSR count). The Morgan fingerprint density at radius 2 is 1.69 bits per heavy atom. The molecular weight excluding hydrogens is 334 g/mol. The molecular formula is C19H23N3O4. The van der Waals surface area contributed by atoms with Gasteiger partial charge < -0.3 is 25.0 Å². The Hall–Kier alpha value is -3.22. The number of carbonyl (C=O) groups excluding carboxylic acids is 2. The molecule has 0 saturated carbocycles. The van der Waals surface area contributed by atoms with Crippen molar-refractivity contribution in [1.82, 2.24) is 4.90 Å². The van der Waals surface area contributed by atoms with Crippen LogP contribution >= 0.6 is 0 Å². The number of hydrogen-bond donors (Lipinski definition) is 2. The zero-order valence-corrected chi connectivity index (χ0v) is 15.3. The largest absolute Gasteiger partial charge is 0.497 e. The molecule has 138 valence electrons. The summed E-state index contributed by atoms with van der Waals surface area (Å²) in [6.45, 7) is 0.0574. The van der Waals surface area contributed by atoms with Crippen LogP contribution in [0.3, 0.4) is 0 Å². The molecule has 0 atom stereocenters. The average Bonchev–Trinajstić information content (AvgIpc) is 2.66. The molecule has 0 aliphatic carbocycles. The van der Waals surface area contributed by atoms with Crippen LogP contribution in [0.2, 0.25) is 0 Å². The van der Waals surface area contributed by atoms with Gasteiger partial charge in [0.25, 0.3) is 5.91 Å². The van der Waals surface area contributed by atoms with Gasteiger partial charge in [-0.3, -0.25) is 9.59 Å². The van der Waals surface area contributed by atoms with Gasteiger partial charge in [-0.15, -0.1) is 0 Å². The molecule has 2 aromatic carbocycles. The van der Waals surface area contributed by atoms with Gasteiger partial charge in [-0.1, -0.05) is 0 Å². The SMILES string of the molecule is COc1ccc(OC)c(NCC(=O)Nc2ccc(C(=O)N(C)C)cc2)c1. The zero-order chi connectivity index (χ0) is 19.1. The quantitative estimate of drug-likeness (QED) is 0.796. The van der Waals surface area contributed by atoms with Crippen molar-refractivity contribution in [3.63, 3.8) is 0 Å². The molecule has 0 fully saturated rings. The fraction of sp³-hybridized carbons (Fsp3) is 0.263. The van der Waals surface area contributed by atoms with E-state index in [1.165, 1.54) is 4.90 Å². The first-order valence-corrected chi connectivity index (χ1v) is 8.02. The highest BCUT2D eigenvalue weighted by Gasteiger charge is 2.10. The molecule has 0 saturated heterocycles. The molecule has 7 nitrogen and oxygen atoms in total. The van der Waals surface area contributed by atoms with Gasteiger partial charge in [-0.25, -0.2) is 0 Å². The van der Waals surface area contributed by atoms with E-state index in [0.29, 0.717) is 28.4 Å². The van der Waals surface area contributed by atoms with Crippen LogP contribution in [0, 0.1) is 0 Å². The van der Waals surface area contributed by atoms with Crippen LogP contribution in [-0.2, 0) is 4.79 Å². The molecule has 0 aromatic heterocycles. The zero-order valence-electron chi connectivity index (χ0n) is 15.3. The Kier molecular flexibility index (Phi) is 6.43. The first kappa shape index (κ1) is 19.1. The van der Waals surface area contributed by atoms with E-state index >= 15 is 0 Å². The molecule has 2 N–H and O–H groups in total. The number of carbonyl (C=O) groups is 2. The van der Waals surface area contributed by atoms with Crippen LogP contribution in [0.4, 0.5) is 11.4 Å². The lowest BCUT2D eigenvalue weighted by Crippen LogP contribution is -2.23. The smallest absolute Gasteiger partial charge is 0.253 e. The lowest BCUT2D eigenvalue weighted by atomic mass is 10.2. The van der Waals surface area contributed by atoms with Crippen LogP contribution in [0.5, 0.6) is 11.5 Å². The van der Waals surface area contributed by atoms with Crippen LogP contribution in [0.1, 0.15) is 10.4 Å². The van der Waals surface area contributed by atoms with Gasteiger partial charge >= 0.3 is 0 Å². The first-order chi connectivity index (χ1) is 12.4. The fourth-order valence-electron chi connectivity index (χ4n) is 2.29. The molecule has 0 spiro atoms. The molecule has 7 heteroatoms. The lowest BCUT2D eigenvalue weighted by molar-refractivity contribution is -0.114. The van der Waals surface area contributed by atoms with Gasteiger partial charge in [0.1, 0.15) is 11.5 Å². The van der Waals surface area contributed by atoms with Gasteiger partial charge in [0.2, 0.25) is 5.91 Å². The summed E-state index contributed by atoms with van der Waals surface area (Å²) in [6, 6.07) is 12.0. The maximum absolute atomic E-state index is 12.1. The maximum atomic E-state index is 12.1. The number of methoxy groups -OCH3 is 2. The van der Waals surface area contributed by atoms with Gasteiger partial charge in [0, 0.05) is 31.4 Å². The van der Waals surface area contributed by atoms with Crippen LogP contribution in [0.15, 0.2) is 42.5 Å². The van der Waals surface area contributed by atoms with Crippen molar-refractivity contribution in [3.05, 3.63) is 48.0 Å². The minimum Gasteiger partial charge on any atom is -0.497 e. The maximum Gasteiger partial charge on any atom is 0.253 e. The summed E-state index contributed by atoms with van der Waals surface area (Å²) in [5.74, 6) is 0.969. The average molecular weight is 357 g/mol. The summed E-state index contributed by atoms with van der Waals surface area (Å²) >= 11 is 0. The Bertz CT molecular complexity index is 773. The molecule has 0 heterocycles. The minimum absolute atomic E-state index is 0.0574. The predicted molar refractivity (Wildman–Crippen MR) is 101 cm³/mol. The van der Waals surface area contributed by atoms with Crippen LogP contribution in [0.25, 0.3) is 0 Å². The van der Waals surface area contributed by atoms with Crippen LogP contribution in [-0.4, -0.2) is 51.6 Å². The van der Waals surface area contributed by atoms with Crippen LogP contribution < -0.4 is 20.1 Å². The molecule has 0 aliphatic heterocycles. The Balaban J connectivity index is 1.96. The third kappa shape index (κ3) is 4.89. The number of nitrogens with zero attached hydrogens (tertiary/aromatic N) is 1. The van der Waals surface area contributed by atoms with Gasteiger partial charge in [-0.05, 0) is 36.4 Å². The Labute approximate surface area is 152 Å². The Morgan fingerprint density at radius 1 is 1.00 bits per heavy atom. The Morgan fingerprint density at radius 3 is 2.27 bits per heavy atom. The molecule has 26 heavy (non-hydrogen) atoms. The third-order valence-electron chi connectivity index (χ3n) is 3.67. The third-order valence-corrected chi connectivity index (χ3v) is 3.67. The summed E-state index contributed by atoms with van der Waals surface area (Å²) < 4.78 is 10.4. The highest BCUT2D eigenvalue weighted by molar-refractivity contribution is 5.96. The van der Waals surface area contributed by atoms with E-state index in [1.807, 2.05) is 0 Å². The molecule has 2 aromatic rings. The second-order valence-corrected chi connectivity index (χ2v) is 5.74. The molecule has 0 unspecified atom stereocenters. The minimum atomic E-state index is -0.221. The van der Waals surface area contributed by atoms with E-state index in [4.69, 9.17) is 9.47 Å². The highest BCUT2D eigenvalue weighted by Crippen LogP contribution is 2.28. The van der Waals surface area contributed by atoms with E-state index in [9.17, 15) is 9.59 Å². The number of benzene rings is 2. The van der Waals surface area contributed by atoms with Crippen molar-refractivity contribution in [2.45, 2.75) is 0 Å². The number of hydrogen-bond acceptors (Lipinski definition) is 5. The summed E-state index contributed by atoms with van der Waals surface area (Å²) in [5.41, 5.74) is 1.84. The van der Waals surface area contributed by atoms with E-state index in [1.54, 1.807) is 70.8 Å². The topological polar surface area (TPSA) is 79.9 Å². The number of amides is 2. The van der Waals surface area contributed by atoms with Crippen molar-refractivity contribution in [3.8, 4) is 11.5 Å². The van der Waals surface area contributed by atoms with E-state index in [2.05, 4.69) is 10.6 Å². The lowest BCUT2D eigenvalue weighted by Gasteiger charge is -2.13. The van der Waals surface area contributed by atoms with Crippen molar-refractivity contribution >= 4 is 23.2 Å². The van der Waals surface area contributed by atoms with Gasteiger partial charge in [-0.2, -0.15) is 0 Å². The normalized spacial score (nSPS) is 10.0. The molecule has 0 radical (unpaired) electrons. The predicted octanol–water partition coefficient (Wildman–Crippen LogP) is 2.46. The second-order valence-electron chi connectivity index (χ2n) is 5.74. The second kappa shape index (κ2) is 8.75. The van der Waals surface area contributed by atoms with Gasteiger partial charge in [0.05, 0.1) is 26.5 Å². The number of nitrogens with one attached hydrogen (secondary N) is 2. The van der Waals surface area contributed by atoms with Crippen molar-refractivity contribution in [2.75, 3.05) is 45.5 Å². The number of rotatable bonds is 7. The first-order valence-electron chi connectivity index (χ1n) is 8.02. The number of ether oxygens (including phenoxy) is 2. The molecule has 0 aliphatic rings.